The standard InChI is InChI=1S/C15H18F2N2O2/c1-3-19(4-2)15(21)11-8-10(11)14(20)18-13-6-5-9(16)7-12(13)17/h5-7,10-11H,3-4,8H2,1-2H3,(H,18,20). The quantitative estimate of drug-likeness (QED) is 0.907. The molecule has 0 saturated heterocycles. The first-order valence-corrected chi connectivity index (χ1v) is 7.02. The van der Waals surface area contributed by atoms with Crippen molar-refractivity contribution in [2.45, 2.75) is 20.3 Å². The van der Waals surface area contributed by atoms with Gasteiger partial charge in [0.25, 0.3) is 0 Å². The number of hydrogen-bond acceptors (Lipinski definition) is 2. The van der Waals surface area contributed by atoms with Crippen molar-refractivity contribution in [3.05, 3.63) is 29.8 Å². The number of nitrogens with zero attached hydrogens (tertiary/aromatic N) is 1. The summed E-state index contributed by atoms with van der Waals surface area (Å²) in [4.78, 5) is 25.7. The highest BCUT2D eigenvalue weighted by molar-refractivity contribution is 5.99. The van der Waals surface area contributed by atoms with Crippen LogP contribution in [0.3, 0.4) is 0 Å². The number of benzene rings is 1. The van der Waals surface area contributed by atoms with Crippen molar-refractivity contribution in [2.75, 3.05) is 18.4 Å². The van der Waals surface area contributed by atoms with Gasteiger partial charge in [-0.15, -0.1) is 0 Å². The Bertz CT molecular complexity index is 559. The number of amides is 2. The Hall–Kier alpha value is -1.98. The Kier molecular flexibility index (Phi) is 4.55. The molecule has 0 aromatic heterocycles. The summed E-state index contributed by atoms with van der Waals surface area (Å²) in [6.07, 6.45) is 0.476. The number of rotatable bonds is 5. The molecule has 2 rings (SSSR count). The molecular weight excluding hydrogens is 278 g/mol. The van der Waals surface area contributed by atoms with Crippen LogP contribution in [-0.4, -0.2) is 29.8 Å². The predicted molar refractivity (Wildman–Crippen MR) is 74.5 cm³/mol. The Labute approximate surface area is 122 Å². The first-order valence-electron chi connectivity index (χ1n) is 7.02. The SMILES string of the molecule is CCN(CC)C(=O)C1CC1C(=O)Nc1ccc(F)cc1F. The monoisotopic (exact) mass is 296 g/mol. The lowest BCUT2D eigenvalue weighted by Gasteiger charge is -2.18. The van der Waals surface area contributed by atoms with Gasteiger partial charge in [0.2, 0.25) is 11.8 Å². The molecule has 2 unspecified atom stereocenters. The Balaban J connectivity index is 1.96. The van der Waals surface area contributed by atoms with Crippen LogP contribution in [0.5, 0.6) is 0 Å². The van der Waals surface area contributed by atoms with E-state index in [1.54, 1.807) is 4.90 Å². The van der Waals surface area contributed by atoms with E-state index in [-0.39, 0.29) is 17.5 Å². The molecule has 114 valence electrons. The van der Waals surface area contributed by atoms with E-state index in [1.165, 1.54) is 6.07 Å². The highest BCUT2D eigenvalue weighted by Gasteiger charge is 2.49. The molecule has 1 fully saturated rings. The van der Waals surface area contributed by atoms with Crippen LogP contribution in [0.1, 0.15) is 20.3 Å². The number of carbonyl (C=O) groups excluding carboxylic acids is 2. The van der Waals surface area contributed by atoms with Gasteiger partial charge < -0.3 is 10.2 Å². The molecule has 21 heavy (non-hydrogen) atoms. The van der Waals surface area contributed by atoms with Gasteiger partial charge in [0, 0.05) is 19.2 Å². The van der Waals surface area contributed by atoms with Crippen molar-refractivity contribution in [1.82, 2.24) is 4.90 Å². The largest absolute Gasteiger partial charge is 0.343 e. The fourth-order valence-electron chi connectivity index (χ4n) is 2.34. The van der Waals surface area contributed by atoms with Crippen LogP contribution in [0.4, 0.5) is 14.5 Å². The topological polar surface area (TPSA) is 49.4 Å². The molecule has 0 bridgehead atoms. The Morgan fingerprint density at radius 3 is 2.48 bits per heavy atom. The summed E-state index contributed by atoms with van der Waals surface area (Å²) in [5.74, 6) is -2.72. The van der Waals surface area contributed by atoms with E-state index in [4.69, 9.17) is 0 Å². The fraction of sp³-hybridized carbons (Fsp3) is 0.467. The lowest BCUT2D eigenvalue weighted by atomic mass is 10.2. The van der Waals surface area contributed by atoms with E-state index in [9.17, 15) is 18.4 Å². The van der Waals surface area contributed by atoms with Crippen LogP contribution in [0, 0.1) is 23.5 Å². The summed E-state index contributed by atoms with van der Waals surface area (Å²) in [5.41, 5.74) is -0.0673. The van der Waals surface area contributed by atoms with Gasteiger partial charge in [-0.25, -0.2) is 8.78 Å². The van der Waals surface area contributed by atoms with Crippen LogP contribution in [0.2, 0.25) is 0 Å². The molecule has 0 heterocycles. The molecule has 1 aromatic rings. The number of carbonyl (C=O) groups is 2. The highest BCUT2D eigenvalue weighted by Crippen LogP contribution is 2.41. The summed E-state index contributed by atoms with van der Waals surface area (Å²) < 4.78 is 26.2. The zero-order valence-electron chi connectivity index (χ0n) is 12.0. The lowest BCUT2D eigenvalue weighted by Crippen LogP contribution is -2.33. The van der Waals surface area contributed by atoms with Crippen molar-refractivity contribution >= 4 is 17.5 Å². The van der Waals surface area contributed by atoms with Crippen molar-refractivity contribution in [2.24, 2.45) is 11.8 Å². The van der Waals surface area contributed by atoms with Gasteiger partial charge in [0.15, 0.2) is 0 Å². The minimum absolute atomic E-state index is 0.0419. The van der Waals surface area contributed by atoms with E-state index in [2.05, 4.69) is 5.32 Å². The van der Waals surface area contributed by atoms with Crippen LogP contribution in [-0.2, 0) is 9.59 Å². The molecule has 1 aromatic carbocycles. The summed E-state index contributed by atoms with van der Waals surface area (Å²) >= 11 is 0. The molecule has 1 N–H and O–H groups in total. The summed E-state index contributed by atoms with van der Waals surface area (Å²) in [5, 5.41) is 2.41. The number of halogens is 2. The van der Waals surface area contributed by atoms with Crippen LogP contribution < -0.4 is 5.32 Å². The third-order valence-electron chi connectivity index (χ3n) is 3.71. The van der Waals surface area contributed by atoms with Gasteiger partial charge in [-0.1, -0.05) is 0 Å². The lowest BCUT2D eigenvalue weighted by molar-refractivity contribution is -0.133. The minimum atomic E-state index is -0.824. The summed E-state index contributed by atoms with van der Waals surface area (Å²) in [6.45, 7) is 4.97. The molecule has 4 nitrogen and oxygen atoms in total. The summed E-state index contributed by atoms with van der Waals surface area (Å²) in [7, 11) is 0. The Morgan fingerprint density at radius 2 is 1.90 bits per heavy atom. The molecule has 1 aliphatic rings. The molecule has 2 atom stereocenters. The van der Waals surface area contributed by atoms with Crippen molar-refractivity contribution in [3.8, 4) is 0 Å². The second-order valence-corrected chi connectivity index (χ2v) is 5.07. The van der Waals surface area contributed by atoms with E-state index >= 15 is 0 Å². The highest BCUT2D eigenvalue weighted by atomic mass is 19.1. The molecule has 0 spiro atoms. The molecule has 1 aliphatic carbocycles. The predicted octanol–water partition coefficient (Wildman–Crippen LogP) is 2.41. The maximum Gasteiger partial charge on any atom is 0.228 e. The third kappa shape index (κ3) is 3.37. The number of nitrogens with one attached hydrogen (secondary N) is 1. The third-order valence-corrected chi connectivity index (χ3v) is 3.71. The van der Waals surface area contributed by atoms with E-state index in [0.29, 0.717) is 25.6 Å². The molecule has 0 aliphatic heterocycles. The van der Waals surface area contributed by atoms with E-state index < -0.39 is 23.5 Å². The van der Waals surface area contributed by atoms with Crippen LogP contribution in [0.25, 0.3) is 0 Å². The maximum absolute atomic E-state index is 13.5. The zero-order valence-corrected chi connectivity index (χ0v) is 12.0. The second-order valence-electron chi connectivity index (χ2n) is 5.07. The van der Waals surface area contributed by atoms with Crippen molar-refractivity contribution in [1.29, 1.82) is 0 Å². The summed E-state index contributed by atoms with van der Waals surface area (Å²) in [6, 6.07) is 2.96. The molecule has 2 amide bonds. The minimum Gasteiger partial charge on any atom is -0.343 e. The van der Waals surface area contributed by atoms with Crippen LogP contribution >= 0.6 is 0 Å². The molecular formula is C15H18F2N2O2. The van der Waals surface area contributed by atoms with Crippen molar-refractivity contribution < 1.29 is 18.4 Å². The van der Waals surface area contributed by atoms with E-state index in [1.807, 2.05) is 13.8 Å². The Morgan fingerprint density at radius 1 is 1.24 bits per heavy atom. The average molecular weight is 296 g/mol. The van der Waals surface area contributed by atoms with Gasteiger partial charge in [-0.2, -0.15) is 0 Å². The molecule has 0 radical (unpaired) electrons. The smallest absolute Gasteiger partial charge is 0.228 e. The number of hydrogen-bond donors (Lipinski definition) is 1. The van der Waals surface area contributed by atoms with Crippen molar-refractivity contribution in [3.63, 3.8) is 0 Å². The van der Waals surface area contributed by atoms with Gasteiger partial charge in [0.05, 0.1) is 17.5 Å². The fourth-order valence-corrected chi connectivity index (χ4v) is 2.34. The van der Waals surface area contributed by atoms with Gasteiger partial charge in [0.1, 0.15) is 11.6 Å². The average Bonchev–Trinajstić information content (AvgIpc) is 3.23. The van der Waals surface area contributed by atoms with Gasteiger partial charge in [-0.3, -0.25) is 9.59 Å². The normalized spacial score (nSPS) is 20.0. The number of anilines is 1. The van der Waals surface area contributed by atoms with Gasteiger partial charge >= 0.3 is 0 Å². The van der Waals surface area contributed by atoms with E-state index in [0.717, 1.165) is 6.07 Å². The molecule has 6 heteroatoms. The van der Waals surface area contributed by atoms with Crippen LogP contribution in [0.15, 0.2) is 18.2 Å². The van der Waals surface area contributed by atoms with Gasteiger partial charge in [-0.05, 0) is 32.4 Å². The zero-order chi connectivity index (χ0) is 15.6. The first-order chi connectivity index (χ1) is 9.97. The second kappa shape index (κ2) is 6.20. The molecule has 1 saturated carbocycles. The first kappa shape index (κ1) is 15.4. The maximum atomic E-state index is 13.5.